The Morgan fingerprint density at radius 3 is 2.76 bits per heavy atom. The third-order valence-electron chi connectivity index (χ3n) is 3.42. The lowest BCUT2D eigenvalue weighted by Crippen LogP contribution is -2.18. The lowest BCUT2D eigenvalue weighted by atomic mass is 10.1. The van der Waals surface area contributed by atoms with Gasteiger partial charge >= 0.3 is 0 Å². The number of aliphatic hydroxyl groups excluding tert-OH is 1. The molecule has 0 aliphatic rings. The van der Waals surface area contributed by atoms with Crippen molar-refractivity contribution in [3.05, 3.63) is 64.4 Å². The van der Waals surface area contributed by atoms with Gasteiger partial charge in [-0.3, -0.25) is 0 Å². The van der Waals surface area contributed by atoms with Crippen molar-refractivity contribution in [2.24, 2.45) is 0 Å². The first kappa shape index (κ1) is 14.4. The third-order valence-corrected chi connectivity index (χ3v) is 4.28. The van der Waals surface area contributed by atoms with Gasteiger partial charge in [0.25, 0.3) is 0 Å². The number of hydrogen-bond donors (Lipinski definition) is 1. The Labute approximate surface area is 132 Å². The lowest BCUT2D eigenvalue weighted by molar-refractivity contribution is 0.155. The smallest absolute Gasteiger partial charge is 0.0959 e. The second kappa shape index (κ2) is 6.06. The van der Waals surface area contributed by atoms with Crippen molar-refractivity contribution >= 4 is 34.2 Å². The van der Waals surface area contributed by atoms with Gasteiger partial charge in [-0.2, -0.15) is 0 Å². The zero-order valence-electron chi connectivity index (χ0n) is 11.2. The summed E-state index contributed by atoms with van der Waals surface area (Å²) in [5.74, 6) is 0. The zero-order valence-corrected chi connectivity index (χ0v) is 12.7. The molecule has 1 N–H and O–H groups in total. The van der Waals surface area contributed by atoms with Gasteiger partial charge in [0.05, 0.1) is 40.1 Å². The molecular weight excluding hydrogens is 307 g/mol. The minimum atomic E-state index is -0.557. The molecule has 108 valence electrons. The van der Waals surface area contributed by atoms with E-state index >= 15 is 0 Å². The molecule has 1 unspecified atom stereocenters. The first-order chi connectivity index (χ1) is 10.1. The Hall–Kier alpha value is -1.55. The van der Waals surface area contributed by atoms with Gasteiger partial charge in [-0.1, -0.05) is 47.5 Å². The van der Waals surface area contributed by atoms with Gasteiger partial charge < -0.3 is 9.67 Å². The summed E-state index contributed by atoms with van der Waals surface area (Å²) in [6.07, 6.45) is 1.64. The van der Waals surface area contributed by atoms with Gasteiger partial charge in [-0.05, 0) is 23.8 Å². The summed E-state index contributed by atoms with van der Waals surface area (Å²) in [7, 11) is 0. The van der Waals surface area contributed by atoms with Gasteiger partial charge in [0.15, 0.2) is 0 Å². The minimum Gasteiger partial charge on any atom is -0.391 e. The molecule has 3 aromatic rings. The van der Waals surface area contributed by atoms with Crippen molar-refractivity contribution in [2.45, 2.75) is 19.1 Å². The molecule has 0 amide bonds. The molecule has 0 saturated carbocycles. The fourth-order valence-electron chi connectivity index (χ4n) is 2.41. The van der Waals surface area contributed by atoms with Gasteiger partial charge in [-0.15, -0.1) is 0 Å². The molecule has 0 aliphatic carbocycles. The molecule has 3 rings (SSSR count). The highest BCUT2D eigenvalue weighted by Gasteiger charge is 2.12. The number of aliphatic hydroxyl groups is 1. The van der Waals surface area contributed by atoms with Crippen LogP contribution in [0.1, 0.15) is 5.56 Å². The molecular formula is C16H14Cl2N2O. The number of imidazole rings is 1. The van der Waals surface area contributed by atoms with Crippen LogP contribution in [0.2, 0.25) is 10.0 Å². The van der Waals surface area contributed by atoms with E-state index in [0.717, 1.165) is 16.6 Å². The van der Waals surface area contributed by atoms with Crippen LogP contribution < -0.4 is 0 Å². The van der Waals surface area contributed by atoms with E-state index in [-0.39, 0.29) is 0 Å². The van der Waals surface area contributed by atoms with Crippen LogP contribution in [0.5, 0.6) is 0 Å². The predicted molar refractivity (Wildman–Crippen MR) is 85.9 cm³/mol. The number of aromatic nitrogens is 2. The lowest BCUT2D eigenvalue weighted by Gasteiger charge is -2.13. The zero-order chi connectivity index (χ0) is 14.8. The van der Waals surface area contributed by atoms with Crippen LogP contribution >= 0.6 is 23.2 Å². The highest BCUT2D eigenvalue weighted by Crippen LogP contribution is 2.26. The van der Waals surface area contributed by atoms with Gasteiger partial charge in [0.2, 0.25) is 0 Å². The third kappa shape index (κ3) is 3.05. The van der Waals surface area contributed by atoms with E-state index in [1.165, 1.54) is 0 Å². The van der Waals surface area contributed by atoms with E-state index in [4.69, 9.17) is 23.2 Å². The quantitative estimate of drug-likeness (QED) is 0.790. The monoisotopic (exact) mass is 320 g/mol. The van der Waals surface area contributed by atoms with E-state index < -0.39 is 6.10 Å². The first-order valence-electron chi connectivity index (χ1n) is 6.66. The van der Waals surface area contributed by atoms with Crippen LogP contribution in [0.3, 0.4) is 0 Å². The average Bonchev–Trinajstić information content (AvgIpc) is 2.87. The number of para-hydroxylation sites is 2. The van der Waals surface area contributed by atoms with Crippen LogP contribution in [-0.4, -0.2) is 20.8 Å². The SMILES string of the molecule is OC(Cc1cccc(Cl)c1Cl)Cn1cnc2ccccc21. The summed E-state index contributed by atoms with van der Waals surface area (Å²) in [6.45, 7) is 0.462. The number of fused-ring (bicyclic) bond motifs is 1. The summed E-state index contributed by atoms with van der Waals surface area (Å²) in [5.41, 5.74) is 2.78. The molecule has 1 atom stereocenters. The summed E-state index contributed by atoms with van der Waals surface area (Å²) in [5, 5.41) is 11.3. The maximum absolute atomic E-state index is 10.3. The highest BCUT2D eigenvalue weighted by atomic mass is 35.5. The second-order valence-corrected chi connectivity index (χ2v) is 5.74. The standard InChI is InChI=1S/C16H14Cl2N2O/c17-13-5-3-4-11(16(13)18)8-12(21)9-20-10-19-14-6-1-2-7-15(14)20/h1-7,10,12,21H,8-9H2. The van der Waals surface area contributed by atoms with E-state index in [2.05, 4.69) is 4.98 Å². The fourth-order valence-corrected chi connectivity index (χ4v) is 2.80. The maximum Gasteiger partial charge on any atom is 0.0959 e. The molecule has 0 saturated heterocycles. The molecule has 21 heavy (non-hydrogen) atoms. The molecule has 1 aromatic heterocycles. The molecule has 2 aromatic carbocycles. The Balaban J connectivity index is 1.77. The molecule has 3 nitrogen and oxygen atoms in total. The normalized spacial score (nSPS) is 12.7. The number of nitrogens with zero attached hydrogens (tertiary/aromatic N) is 2. The van der Waals surface area contributed by atoms with Crippen molar-refractivity contribution < 1.29 is 5.11 Å². The maximum atomic E-state index is 10.3. The van der Waals surface area contributed by atoms with Crippen LogP contribution in [-0.2, 0) is 13.0 Å². The number of hydrogen-bond acceptors (Lipinski definition) is 2. The minimum absolute atomic E-state index is 0.450. The highest BCUT2D eigenvalue weighted by molar-refractivity contribution is 6.42. The second-order valence-electron chi connectivity index (χ2n) is 4.96. The Morgan fingerprint density at radius 2 is 1.90 bits per heavy atom. The number of rotatable bonds is 4. The average molecular weight is 321 g/mol. The Morgan fingerprint density at radius 1 is 1.10 bits per heavy atom. The fraction of sp³-hybridized carbons (Fsp3) is 0.188. The Bertz CT molecular complexity index is 770. The molecule has 1 heterocycles. The molecule has 0 radical (unpaired) electrons. The molecule has 0 aliphatic heterocycles. The summed E-state index contributed by atoms with van der Waals surface area (Å²) < 4.78 is 1.94. The van der Waals surface area contributed by atoms with E-state index in [1.54, 1.807) is 12.4 Å². The summed E-state index contributed by atoms with van der Waals surface area (Å²) in [4.78, 5) is 4.32. The largest absolute Gasteiger partial charge is 0.391 e. The van der Waals surface area contributed by atoms with Gasteiger partial charge in [0.1, 0.15) is 0 Å². The van der Waals surface area contributed by atoms with Crippen LogP contribution in [0.15, 0.2) is 48.8 Å². The number of benzene rings is 2. The van der Waals surface area contributed by atoms with Crippen molar-refractivity contribution in [2.75, 3.05) is 0 Å². The van der Waals surface area contributed by atoms with Crippen LogP contribution in [0, 0.1) is 0 Å². The number of halogens is 2. The molecule has 0 spiro atoms. The summed E-state index contributed by atoms with van der Waals surface area (Å²) in [6, 6.07) is 13.3. The van der Waals surface area contributed by atoms with Crippen molar-refractivity contribution in [1.82, 2.24) is 9.55 Å². The topological polar surface area (TPSA) is 38.0 Å². The van der Waals surface area contributed by atoms with Gasteiger partial charge in [0, 0.05) is 6.42 Å². The van der Waals surface area contributed by atoms with E-state index in [9.17, 15) is 5.11 Å². The molecule has 0 fully saturated rings. The predicted octanol–water partition coefficient (Wildman–Crippen LogP) is 3.95. The molecule has 0 bridgehead atoms. The Kier molecular flexibility index (Phi) is 4.15. The van der Waals surface area contributed by atoms with Crippen LogP contribution in [0.4, 0.5) is 0 Å². The molecule has 5 heteroatoms. The summed E-state index contributed by atoms with van der Waals surface area (Å²) >= 11 is 12.1. The van der Waals surface area contributed by atoms with Crippen molar-refractivity contribution in [3.63, 3.8) is 0 Å². The van der Waals surface area contributed by atoms with E-state index in [1.807, 2.05) is 41.0 Å². The van der Waals surface area contributed by atoms with E-state index in [0.29, 0.717) is 23.0 Å². The van der Waals surface area contributed by atoms with Crippen LogP contribution in [0.25, 0.3) is 11.0 Å². The van der Waals surface area contributed by atoms with Gasteiger partial charge in [-0.25, -0.2) is 4.98 Å². The van der Waals surface area contributed by atoms with Crippen molar-refractivity contribution in [1.29, 1.82) is 0 Å². The first-order valence-corrected chi connectivity index (χ1v) is 7.41. The van der Waals surface area contributed by atoms with Crippen molar-refractivity contribution in [3.8, 4) is 0 Å².